The first-order valence-corrected chi connectivity index (χ1v) is 11.3. The number of sulfonamides is 1. The average Bonchev–Trinajstić information content (AvgIpc) is 2.79. The van der Waals surface area contributed by atoms with Crippen LogP contribution in [0.4, 0.5) is 10.1 Å². The lowest BCUT2D eigenvalue weighted by molar-refractivity contribution is -0.122. The molecule has 10 heteroatoms. The third kappa shape index (κ3) is 5.52. The quantitative estimate of drug-likeness (QED) is 0.662. The van der Waals surface area contributed by atoms with Crippen LogP contribution in [0, 0.1) is 5.82 Å². The monoisotopic (exact) mass is 452 g/mol. The zero-order chi connectivity index (χ0) is 22.4. The van der Waals surface area contributed by atoms with E-state index in [0.717, 1.165) is 0 Å². The van der Waals surface area contributed by atoms with Crippen LogP contribution in [0.1, 0.15) is 13.3 Å². The molecule has 8 nitrogen and oxygen atoms in total. The summed E-state index contributed by atoms with van der Waals surface area (Å²) in [5.41, 5.74) is 0.211. The van der Waals surface area contributed by atoms with Crippen molar-refractivity contribution in [2.75, 3.05) is 38.7 Å². The Morgan fingerprint density at radius 1 is 1.19 bits per heavy atom. The lowest BCUT2D eigenvalue weighted by atomic mass is 10.2. The molecule has 2 aromatic rings. The summed E-state index contributed by atoms with van der Waals surface area (Å²) >= 11 is 0. The highest BCUT2D eigenvalue weighted by atomic mass is 32.2. The van der Waals surface area contributed by atoms with E-state index in [4.69, 9.17) is 14.2 Å². The molecule has 1 aliphatic heterocycles. The first kappa shape index (κ1) is 23.0. The van der Waals surface area contributed by atoms with Gasteiger partial charge in [-0.1, -0.05) is 6.92 Å². The van der Waals surface area contributed by atoms with Gasteiger partial charge in [-0.3, -0.25) is 4.79 Å². The van der Waals surface area contributed by atoms with Gasteiger partial charge in [-0.05, 0) is 48.9 Å². The molecule has 1 N–H and O–H groups in total. The Labute approximate surface area is 181 Å². The van der Waals surface area contributed by atoms with Crippen LogP contribution in [-0.2, 0) is 19.6 Å². The van der Waals surface area contributed by atoms with Crippen molar-refractivity contribution in [3.63, 3.8) is 0 Å². The van der Waals surface area contributed by atoms with Crippen molar-refractivity contribution in [1.29, 1.82) is 0 Å². The number of carbonyl (C=O) groups is 1. The van der Waals surface area contributed by atoms with Crippen molar-refractivity contribution in [3.8, 4) is 11.5 Å². The van der Waals surface area contributed by atoms with Gasteiger partial charge in [-0.25, -0.2) is 12.8 Å². The predicted molar refractivity (Wildman–Crippen MR) is 112 cm³/mol. The van der Waals surface area contributed by atoms with Crippen LogP contribution in [0.3, 0.4) is 0 Å². The Balaban J connectivity index is 1.81. The summed E-state index contributed by atoms with van der Waals surface area (Å²) in [5, 5.41) is 2.69. The van der Waals surface area contributed by atoms with E-state index in [2.05, 4.69) is 5.32 Å². The standard InChI is InChI=1S/C21H25FN2O6S/c1-3-19(30-16-6-4-15(22)5-7-16)21(25)23-18-14-17(8-9-20(18)28-2)31(26,27)24-10-12-29-13-11-24/h4-9,14,19H,3,10-13H2,1-2H3,(H,23,25)/t19-/m0/s1. The van der Waals surface area contributed by atoms with Crippen LogP contribution >= 0.6 is 0 Å². The molecular formula is C21H25FN2O6S. The third-order valence-corrected chi connectivity index (χ3v) is 6.69. The lowest BCUT2D eigenvalue weighted by Gasteiger charge is -2.26. The van der Waals surface area contributed by atoms with E-state index in [-0.39, 0.29) is 23.7 Å². The predicted octanol–water partition coefficient (Wildman–Crippen LogP) is 2.65. The molecule has 168 valence electrons. The number of nitrogens with one attached hydrogen (secondary N) is 1. The minimum atomic E-state index is -3.74. The van der Waals surface area contributed by atoms with Crippen LogP contribution in [0.5, 0.6) is 11.5 Å². The maximum Gasteiger partial charge on any atom is 0.265 e. The number of benzene rings is 2. The minimum Gasteiger partial charge on any atom is -0.495 e. The van der Waals surface area contributed by atoms with Gasteiger partial charge < -0.3 is 19.5 Å². The van der Waals surface area contributed by atoms with Crippen LogP contribution in [0.25, 0.3) is 0 Å². The number of nitrogens with zero attached hydrogens (tertiary/aromatic N) is 1. The van der Waals surface area contributed by atoms with Gasteiger partial charge in [0.15, 0.2) is 6.10 Å². The van der Waals surface area contributed by atoms with Gasteiger partial charge in [0.25, 0.3) is 5.91 Å². The Hall–Kier alpha value is -2.69. The molecule has 1 aliphatic rings. The summed E-state index contributed by atoms with van der Waals surface area (Å²) in [6.07, 6.45) is -0.522. The Kier molecular flexibility index (Phi) is 7.47. The van der Waals surface area contributed by atoms with E-state index in [9.17, 15) is 17.6 Å². The summed E-state index contributed by atoms with van der Waals surface area (Å²) in [7, 11) is -2.32. The molecule has 0 aromatic heterocycles. The summed E-state index contributed by atoms with van der Waals surface area (Å²) in [4.78, 5) is 12.8. The molecule has 1 amide bonds. The molecular weight excluding hydrogens is 427 g/mol. The number of hydrogen-bond donors (Lipinski definition) is 1. The lowest BCUT2D eigenvalue weighted by Crippen LogP contribution is -2.40. The Bertz CT molecular complexity index is 1010. The van der Waals surface area contributed by atoms with Crippen molar-refractivity contribution in [3.05, 3.63) is 48.3 Å². The van der Waals surface area contributed by atoms with Crippen LogP contribution in [-0.4, -0.2) is 58.1 Å². The largest absolute Gasteiger partial charge is 0.495 e. The van der Waals surface area contributed by atoms with Gasteiger partial charge in [0.2, 0.25) is 10.0 Å². The molecule has 1 saturated heterocycles. The number of halogens is 1. The van der Waals surface area contributed by atoms with Crippen LogP contribution in [0.2, 0.25) is 0 Å². The van der Waals surface area contributed by atoms with Gasteiger partial charge in [0.05, 0.1) is 30.9 Å². The van der Waals surface area contributed by atoms with E-state index in [0.29, 0.717) is 31.1 Å². The SMILES string of the molecule is CC[C@H](Oc1ccc(F)cc1)C(=O)Nc1cc(S(=O)(=O)N2CCOCC2)ccc1OC. The first-order valence-electron chi connectivity index (χ1n) is 9.84. The fourth-order valence-corrected chi connectivity index (χ4v) is 4.53. The molecule has 1 fully saturated rings. The summed E-state index contributed by atoms with van der Waals surface area (Å²) in [6.45, 7) is 2.96. The number of amides is 1. The van der Waals surface area contributed by atoms with Crippen LogP contribution in [0.15, 0.2) is 47.4 Å². The fraction of sp³-hybridized carbons (Fsp3) is 0.381. The summed E-state index contributed by atoms with van der Waals surface area (Å²) in [6, 6.07) is 9.64. The van der Waals surface area contributed by atoms with Gasteiger partial charge in [0, 0.05) is 13.1 Å². The second-order valence-electron chi connectivity index (χ2n) is 6.84. The zero-order valence-corrected chi connectivity index (χ0v) is 18.2. The third-order valence-electron chi connectivity index (χ3n) is 4.79. The number of morpholine rings is 1. The number of anilines is 1. The van der Waals surface area contributed by atoms with E-state index in [1.165, 1.54) is 53.9 Å². The van der Waals surface area contributed by atoms with Crippen molar-refractivity contribution in [2.24, 2.45) is 0 Å². The molecule has 1 heterocycles. The first-order chi connectivity index (χ1) is 14.8. The molecule has 0 radical (unpaired) electrons. The minimum absolute atomic E-state index is 0.0398. The molecule has 1 atom stereocenters. The molecule has 2 aromatic carbocycles. The number of methoxy groups -OCH3 is 1. The van der Waals surface area contributed by atoms with Gasteiger partial charge in [-0.2, -0.15) is 4.31 Å². The van der Waals surface area contributed by atoms with Crippen molar-refractivity contribution >= 4 is 21.6 Å². The van der Waals surface area contributed by atoms with E-state index in [1.54, 1.807) is 6.92 Å². The van der Waals surface area contributed by atoms with E-state index in [1.807, 2.05) is 0 Å². The summed E-state index contributed by atoms with van der Waals surface area (Å²) in [5.74, 6) is -0.233. The summed E-state index contributed by atoms with van der Waals surface area (Å²) < 4.78 is 56.5. The average molecular weight is 453 g/mol. The molecule has 0 unspecified atom stereocenters. The maximum atomic E-state index is 13.1. The second-order valence-corrected chi connectivity index (χ2v) is 8.77. The highest BCUT2D eigenvalue weighted by molar-refractivity contribution is 7.89. The van der Waals surface area contributed by atoms with Gasteiger partial charge >= 0.3 is 0 Å². The Morgan fingerprint density at radius 3 is 2.48 bits per heavy atom. The molecule has 0 aliphatic carbocycles. The van der Waals surface area contributed by atoms with Crippen molar-refractivity contribution in [2.45, 2.75) is 24.3 Å². The smallest absolute Gasteiger partial charge is 0.265 e. The van der Waals surface area contributed by atoms with Gasteiger partial charge in [0.1, 0.15) is 17.3 Å². The number of hydrogen-bond acceptors (Lipinski definition) is 6. The normalized spacial score (nSPS) is 15.8. The van der Waals surface area contributed by atoms with E-state index < -0.39 is 27.9 Å². The van der Waals surface area contributed by atoms with E-state index >= 15 is 0 Å². The fourth-order valence-electron chi connectivity index (χ4n) is 3.09. The molecule has 0 bridgehead atoms. The van der Waals surface area contributed by atoms with Gasteiger partial charge in [-0.15, -0.1) is 0 Å². The molecule has 0 spiro atoms. The van der Waals surface area contributed by atoms with Crippen molar-refractivity contribution in [1.82, 2.24) is 4.31 Å². The highest BCUT2D eigenvalue weighted by Gasteiger charge is 2.28. The van der Waals surface area contributed by atoms with Crippen molar-refractivity contribution < 1.29 is 31.8 Å². The molecule has 3 rings (SSSR count). The second kappa shape index (κ2) is 10.1. The molecule has 0 saturated carbocycles. The number of ether oxygens (including phenoxy) is 3. The molecule has 31 heavy (non-hydrogen) atoms. The number of carbonyl (C=O) groups excluding carboxylic acids is 1. The zero-order valence-electron chi connectivity index (χ0n) is 17.3. The van der Waals surface area contributed by atoms with Crippen LogP contribution < -0.4 is 14.8 Å². The Morgan fingerprint density at radius 2 is 1.87 bits per heavy atom. The topological polar surface area (TPSA) is 94.2 Å². The highest BCUT2D eigenvalue weighted by Crippen LogP contribution is 2.30. The number of rotatable bonds is 8. The maximum absolute atomic E-state index is 13.1.